The second kappa shape index (κ2) is 6.57. The van der Waals surface area contributed by atoms with Crippen molar-refractivity contribution < 1.29 is 4.74 Å². The molecule has 0 aromatic carbocycles. The molecule has 1 unspecified atom stereocenters. The van der Waals surface area contributed by atoms with E-state index in [4.69, 9.17) is 10.5 Å². The first kappa shape index (κ1) is 16.0. The molecule has 8 heteroatoms. The third kappa shape index (κ3) is 3.62. The molecule has 7 nitrogen and oxygen atoms in total. The first-order chi connectivity index (χ1) is 9.97. The molecule has 1 aliphatic heterocycles. The van der Waals surface area contributed by atoms with Gasteiger partial charge in [-0.3, -0.25) is 14.3 Å². The first-order valence-electron chi connectivity index (χ1n) is 6.96. The van der Waals surface area contributed by atoms with E-state index in [1.165, 1.54) is 11.0 Å². The average molecular weight is 314 g/mol. The molecule has 2 heterocycles. The number of nitrogens with zero attached hydrogens (tertiary/aromatic N) is 1. The highest BCUT2D eigenvalue weighted by Crippen LogP contribution is 2.37. The van der Waals surface area contributed by atoms with Gasteiger partial charge in [-0.05, 0) is 25.5 Å². The Bertz CT molecular complexity index is 604. The average Bonchev–Trinajstić information content (AvgIpc) is 2.85. The second-order valence-electron chi connectivity index (χ2n) is 5.42. The lowest BCUT2D eigenvalue weighted by atomic mass is 10.1. The molecule has 1 saturated heterocycles. The molecule has 1 aliphatic rings. The molecular weight excluding hydrogens is 292 g/mol. The van der Waals surface area contributed by atoms with E-state index in [1.54, 1.807) is 7.11 Å². The number of anilines is 2. The van der Waals surface area contributed by atoms with Gasteiger partial charge in [-0.1, -0.05) is 0 Å². The van der Waals surface area contributed by atoms with Crippen molar-refractivity contribution in [2.45, 2.75) is 31.1 Å². The lowest BCUT2D eigenvalue weighted by molar-refractivity contribution is 0.186. The van der Waals surface area contributed by atoms with Crippen molar-refractivity contribution in [3.05, 3.63) is 20.8 Å². The number of methoxy groups -OCH3 is 1. The number of H-pyrrole nitrogens is 1. The predicted octanol–water partition coefficient (Wildman–Crippen LogP) is 0.463. The molecule has 0 bridgehead atoms. The van der Waals surface area contributed by atoms with Gasteiger partial charge in [-0.25, -0.2) is 4.79 Å². The molecule has 1 aromatic heterocycles. The van der Waals surface area contributed by atoms with Crippen molar-refractivity contribution in [3.8, 4) is 0 Å². The van der Waals surface area contributed by atoms with Gasteiger partial charge in [0.1, 0.15) is 11.5 Å². The molecule has 0 saturated carbocycles. The molecule has 0 aliphatic carbocycles. The van der Waals surface area contributed by atoms with Crippen LogP contribution in [0.25, 0.3) is 0 Å². The van der Waals surface area contributed by atoms with Crippen LogP contribution in [0.1, 0.15) is 19.8 Å². The van der Waals surface area contributed by atoms with E-state index in [-0.39, 0.29) is 16.3 Å². The van der Waals surface area contributed by atoms with Gasteiger partial charge in [-0.15, -0.1) is 0 Å². The number of aromatic amines is 1. The van der Waals surface area contributed by atoms with Crippen LogP contribution in [-0.2, 0) is 11.3 Å². The van der Waals surface area contributed by atoms with Gasteiger partial charge in [0.05, 0.1) is 13.2 Å². The Labute approximate surface area is 127 Å². The minimum Gasteiger partial charge on any atom is -0.383 e. The number of hydrogen-bond donors (Lipinski definition) is 3. The third-order valence-electron chi connectivity index (χ3n) is 3.70. The number of nitrogens with one attached hydrogen (secondary N) is 2. The standard InChI is InChI=1S/C13H22N4O3S/c1-13(4-3-7-21-13)8-15-9-10(14)17(5-6-20-2)12(19)16-11(9)18/h15H,3-8,14H2,1-2H3,(H,16,18,19). The molecule has 1 aromatic rings. The van der Waals surface area contributed by atoms with Gasteiger partial charge < -0.3 is 15.8 Å². The van der Waals surface area contributed by atoms with Crippen molar-refractivity contribution in [2.75, 3.05) is 37.1 Å². The SMILES string of the molecule is COCCn1c(N)c(NCC2(C)CCCS2)c(=O)[nH]c1=O. The fourth-order valence-electron chi connectivity index (χ4n) is 2.41. The zero-order valence-corrected chi connectivity index (χ0v) is 13.2. The lowest BCUT2D eigenvalue weighted by Gasteiger charge is -2.24. The number of nitrogen functional groups attached to an aromatic ring is 1. The van der Waals surface area contributed by atoms with Gasteiger partial charge in [-0.2, -0.15) is 11.8 Å². The number of rotatable bonds is 6. The maximum atomic E-state index is 11.9. The van der Waals surface area contributed by atoms with Gasteiger partial charge in [0, 0.05) is 18.4 Å². The summed E-state index contributed by atoms with van der Waals surface area (Å²) in [6.45, 7) is 3.47. The quantitative estimate of drug-likeness (QED) is 0.705. The van der Waals surface area contributed by atoms with Gasteiger partial charge in [0.2, 0.25) is 0 Å². The summed E-state index contributed by atoms with van der Waals surface area (Å²) in [5, 5.41) is 3.12. The number of aromatic nitrogens is 2. The molecule has 21 heavy (non-hydrogen) atoms. The highest BCUT2D eigenvalue weighted by molar-refractivity contribution is 8.00. The summed E-state index contributed by atoms with van der Waals surface area (Å²) in [5.41, 5.74) is 5.25. The summed E-state index contributed by atoms with van der Waals surface area (Å²) in [6, 6.07) is 0. The van der Waals surface area contributed by atoms with Crippen LogP contribution in [0.15, 0.2) is 9.59 Å². The molecule has 118 valence electrons. The largest absolute Gasteiger partial charge is 0.383 e. The Hall–Kier alpha value is -1.41. The Kier molecular flexibility index (Phi) is 5.00. The van der Waals surface area contributed by atoms with E-state index in [2.05, 4.69) is 17.2 Å². The van der Waals surface area contributed by atoms with Gasteiger partial charge in [0.15, 0.2) is 0 Å². The van der Waals surface area contributed by atoms with Crippen LogP contribution in [0.5, 0.6) is 0 Å². The molecule has 1 fully saturated rings. The zero-order chi connectivity index (χ0) is 15.5. The number of thioether (sulfide) groups is 1. The van der Waals surface area contributed by atoms with E-state index in [9.17, 15) is 9.59 Å². The van der Waals surface area contributed by atoms with E-state index < -0.39 is 11.2 Å². The fourth-order valence-corrected chi connectivity index (χ4v) is 3.66. The summed E-state index contributed by atoms with van der Waals surface area (Å²) >= 11 is 1.89. The monoisotopic (exact) mass is 314 g/mol. The van der Waals surface area contributed by atoms with Crippen LogP contribution < -0.4 is 22.3 Å². The topological polar surface area (TPSA) is 102 Å². The van der Waals surface area contributed by atoms with Crippen molar-refractivity contribution in [3.63, 3.8) is 0 Å². The van der Waals surface area contributed by atoms with Crippen LogP contribution in [0, 0.1) is 0 Å². The predicted molar refractivity (Wildman–Crippen MR) is 86.2 cm³/mol. The van der Waals surface area contributed by atoms with E-state index in [0.29, 0.717) is 19.7 Å². The highest BCUT2D eigenvalue weighted by Gasteiger charge is 2.29. The van der Waals surface area contributed by atoms with E-state index >= 15 is 0 Å². The number of hydrogen-bond acceptors (Lipinski definition) is 6. The molecule has 1 atom stereocenters. The van der Waals surface area contributed by atoms with Crippen LogP contribution in [-0.4, -0.2) is 40.3 Å². The summed E-state index contributed by atoms with van der Waals surface area (Å²) in [5.74, 6) is 1.30. The maximum Gasteiger partial charge on any atom is 0.330 e. The van der Waals surface area contributed by atoms with Crippen LogP contribution in [0.2, 0.25) is 0 Å². The first-order valence-corrected chi connectivity index (χ1v) is 7.95. The number of nitrogens with two attached hydrogens (primary N) is 1. The molecule has 4 N–H and O–H groups in total. The third-order valence-corrected chi connectivity index (χ3v) is 5.24. The Morgan fingerprint density at radius 1 is 1.52 bits per heavy atom. The molecule has 0 amide bonds. The summed E-state index contributed by atoms with van der Waals surface area (Å²) in [6.07, 6.45) is 2.29. The lowest BCUT2D eigenvalue weighted by Crippen LogP contribution is -2.37. The van der Waals surface area contributed by atoms with Crippen molar-refractivity contribution in [1.29, 1.82) is 0 Å². The van der Waals surface area contributed by atoms with Crippen molar-refractivity contribution in [2.24, 2.45) is 0 Å². The Morgan fingerprint density at radius 3 is 2.90 bits per heavy atom. The summed E-state index contributed by atoms with van der Waals surface area (Å²) in [4.78, 5) is 26.0. The highest BCUT2D eigenvalue weighted by atomic mass is 32.2. The summed E-state index contributed by atoms with van der Waals surface area (Å²) < 4.78 is 6.37. The molecule has 0 radical (unpaired) electrons. The Morgan fingerprint density at radius 2 is 2.29 bits per heavy atom. The van der Waals surface area contributed by atoms with Crippen molar-refractivity contribution >= 4 is 23.3 Å². The zero-order valence-electron chi connectivity index (χ0n) is 12.4. The van der Waals surface area contributed by atoms with Gasteiger partial charge in [0.25, 0.3) is 5.56 Å². The Balaban J connectivity index is 2.22. The van der Waals surface area contributed by atoms with Crippen LogP contribution >= 0.6 is 11.8 Å². The number of ether oxygens (including phenoxy) is 1. The smallest absolute Gasteiger partial charge is 0.330 e. The molecule has 0 spiro atoms. The van der Waals surface area contributed by atoms with Crippen LogP contribution in [0.4, 0.5) is 11.5 Å². The minimum atomic E-state index is -0.512. The summed E-state index contributed by atoms with van der Waals surface area (Å²) in [7, 11) is 1.55. The molecule has 2 rings (SSSR count). The van der Waals surface area contributed by atoms with Crippen molar-refractivity contribution in [1.82, 2.24) is 9.55 Å². The molecular formula is C13H22N4O3S. The fraction of sp³-hybridized carbons (Fsp3) is 0.692. The minimum absolute atomic E-state index is 0.104. The van der Waals surface area contributed by atoms with E-state index in [0.717, 1.165) is 12.2 Å². The normalized spacial score (nSPS) is 21.6. The maximum absolute atomic E-state index is 11.9. The van der Waals surface area contributed by atoms with Crippen LogP contribution in [0.3, 0.4) is 0 Å². The van der Waals surface area contributed by atoms with E-state index in [1.807, 2.05) is 11.8 Å². The van der Waals surface area contributed by atoms with Gasteiger partial charge >= 0.3 is 5.69 Å². The second-order valence-corrected chi connectivity index (χ2v) is 7.10.